The Labute approximate surface area is 118 Å². The zero-order chi connectivity index (χ0) is 13.7. The quantitative estimate of drug-likeness (QED) is 0.868. The van der Waals surface area contributed by atoms with E-state index in [1.807, 2.05) is 12.1 Å². The Morgan fingerprint density at radius 1 is 1.11 bits per heavy atom. The van der Waals surface area contributed by atoms with Gasteiger partial charge in [0.25, 0.3) is 0 Å². The summed E-state index contributed by atoms with van der Waals surface area (Å²) in [6, 6.07) is 13.1. The third-order valence-electron chi connectivity index (χ3n) is 2.86. The molecule has 19 heavy (non-hydrogen) atoms. The summed E-state index contributed by atoms with van der Waals surface area (Å²) in [6.07, 6.45) is 0. The van der Waals surface area contributed by atoms with Crippen LogP contribution in [0.25, 0.3) is 0 Å². The first kappa shape index (κ1) is 14.1. The summed E-state index contributed by atoms with van der Waals surface area (Å²) in [6.45, 7) is 6.09. The smallest absolute Gasteiger partial charge is 0.123 e. The van der Waals surface area contributed by atoms with Crippen LogP contribution < -0.4 is 5.32 Å². The molecule has 2 aromatic carbocycles. The number of hydrogen-bond donors (Lipinski definition) is 1. The average molecular weight is 275 g/mol. The van der Waals surface area contributed by atoms with Crippen molar-refractivity contribution in [3.63, 3.8) is 0 Å². The van der Waals surface area contributed by atoms with E-state index >= 15 is 0 Å². The third kappa shape index (κ3) is 4.08. The van der Waals surface area contributed by atoms with Crippen molar-refractivity contribution in [3.8, 4) is 0 Å². The molecule has 2 aromatic rings. The Morgan fingerprint density at radius 3 is 2.47 bits per heavy atom. The summed E-state index contributed by atoms with van der Waals surface area (Å²) in [5.74, 6) is -0.193. The summed E-state index contributed by atoms with van der Waals surface area (Å²) in [5, 5.41) is 3.32. The minimum Gasteiger partial charge on any atom is -0.313 e. The van der Waals surface area contributed by atoms with E-state index in [0.717, 1.165) is 18.0 Å². The summed E-state index contributed by atoms with van der Waals surface area (Å²) in [5.41, 5.74) is 2.55. The van der Waals surface area contributed by atoms with E-state index in [1.165, 1.54) is 28.2 Å². The van der Waals surface area contributed by atoms with Gasteiger partial charge in [0.1, 0.15) is 5.82 Å². The predicted molar refractivity (Wildman–Crippen MR) is 79.1 cm³/mol. The number of hydrogen-bond acceptors (Lipinski definition) is 2. The van der Waals surface area contributed by atoms with Gasteiger partial charge in [0, 0.05) is 16.3 Å². The van der Waals surface area contributed by atoms with Gasteiger partial charge in [-0.25, -0.2) is 4.39 Å². The molecule has 0 fully saturated rings. The first-order valence-corrected chi connectivity index (χ1v) is 7.24. The van der Waals surface area contributed by atoms with Crippen LogP contribution in [-0.2, 0) is 6.54 Å². The Morgan fingerprint density at radius 2 is 1.84 bits per heavy atom. The van der Waals surface area contributed by atoms with Crippen molar-refractivity contribution < 1.29 is 4.39 Å². The maximum Gasteiger partial charge on any atom is 0.123 e. The number of benzene rings is 2. The fourth-order valence-corrected chi connectivity index (χ4v) is 2.72. The second kappa shape index (κ2) is 6.73. The van der Waals surface area contributed by atoms with E-state index < -0.39 is 0 Å². The molecule has 0 aliphatic rings. The highest BCUT2D eigenvalue weighted by atomic mass is 32.2. The number of aryl methyl sites for hydroxylation is 1. The minimum absolute atomic E-state index is 0.193. The fraction of sp³-hybridized carbons (Fsp3) is 0.250. The second-order valence-electron chi connectivity index (χ2n) is 4.44. The normalized spacial score (nSPS) is 10.7. The average Bonchev–Trinajstić information content (AvgIpc) is 2.41. The van der Waals surface area contributed by atoms with Gasteiger partial charge in [-0.3, -0.25) is 0 Å². The van der Waals surface area contributed by atoms with Gasteiger partial charge < -0.3 is 5.32 Å². The Kier molecular flexibility index (Phi) is 5.00. The lowest BCUT2D eigenvalue weighted by Gasteiger charge is -2.09. The molecular formula is C16H18FNS. The monoisotopic (exact) mass is 275 g/mol. The molecule has 0 radical (unpaired) electrons. The van der Waals surface area contributed by atoms with Crippen LogP contribution in [0.4, 0.5) is 4.39 Å². The highest BCUT2D eigenvalue weighted by Crippen LogP contribution is 2.30. The van der Waals surface area contributed by atoms with E-state index in [2.05, 4.69) is 37.4 Å². The Bertz CT molecular complexity index is 537. The SMILES string of the molecule is CCNCc1ccc(Sc2ccc(F)cc2)c(C)c1. The highest BCUT2D eigenvalue weighted by molar-refractivity contribution is 7.99. The molecule has 3 heteroatoms. The Hall–Kier alpha value is -1.32. The summed E-state index contributed by atoms with van der Waals surface area (Å²) in [4.78, 5) is 2.27. The summed E-state index contributed by atoms with van der Waals surface area (Å²) < 4.78 is 12.9. The van der Waals surface area contributed by atoms with Gasteiger partial charge in [-0.1, -0.05) is 30.8 Å². The molecule has 0 heterocycles. The molecule has 100 valence electrons. The minimum atomic E-state index is -0.193. The topological polar surface area (TPSA) is 12.0 Å². The van der Waals surface area contributed by atoms with Gasteiger partial charge in [0.15, 0.2) is 0 Å². The zero-order valence-corrected chi connectivity index (χ0v) is 12.1. The lowest BCUT2D eigenvalue weighted by atomic mass is 10.1. The van der Waals surface area contributed by atoms with Crippen molar-refractivity contribution in [2.75, 3.05) is 6.54 Å². The fourth-order valence-electron chi connectivity index (χ4n) is 1.83. The van der Waals surface area contributed by atoms with Crippen molar-refractivity contribution in [2.24, 2.45) is 0 Å². The molecule has 1 N–H and O–H groups in total. The lowest BCUT2D eigenvalue weighted by molar-refractivity contribution is 0.626. The van der Waals surface area contributed by atoms with E-state index in [4.69, 9.17) is 0 Å². The van der Waals surface area contributed by atoms with Crippen LogP contribution in [0.5, 0.6) is 0 Å². The first-order chi connectivity index (χ1) is 9.19. The van der Waals surface area contributed by atoms with Gasteiger partial charge in [-0.05, 0) is 54.9 Å². The van der Waals surface area contributed by atoms with Crippen LogP contribution in [0.2, 0.25) is 0 Å². The molecule has 0 aliphatic heterocycles. The third-order valence-corrected chi connectivity index (χ3v) is 4.05. The standard InChI is InChI=1S/C16H18FNS/c1-3-18-11-13-4-9-16(12(2)10-13)19-15-7-5-14(17)6-8-15/h4-10,18H,3,11H2,1-2H3. The van der Waals surface area contributed by atoms with Crippen molar-refractivity contribution in [2.45, 2.75) is 30.2 Å². The molecule has 1 nitrogen and oxygen atoms in total. The predicted octanol–water partition coefficient (Wildman–Crippen LogP) is 4.39. The first-order valence-electron chi connectivity index (χ1n) is 6.42. The maximum atomic E-state index is 12.9. The molecule has 2 rings (SSSR count). The Balaban J connectivity index is 2.10. The van der Waals surface area contributed by atoms with Gasteiger partial charge in [-0.15, -0.1) is 0 Å². The molecular weight excluding hydrogens is 257 g/mol. The molecule has 0 saturated carbocycles. The molecule has 0 aliphatic carbocycles. The molecule has 0 spiro atoms. The second-order valence-corrected chi connectivity index (χ2v) is 5.55. The molecule has 0 saturated heterocycles. The van der Waals surface area contributed by atoms with Crippen molar-refractivity contribution >= 4 is 11.8 Å². The number of halogens is 1. The van der Waals surface area contributed by atoms with Crippen LogP contribution in [0.15, 0.2) is 52.3 Å². The molecule has 0 bridgehead atoms. The van der Waals surface area contributed by atoms with Gasteiger partial charge in [0.2, 0.25) is 0 Å². The summed E-state index contributed by atoms with van der Waals surface area (Å²) in [7, 11) is 0. The molecule has 0 aromatic heterocycles. The molecule has 0 atom stereocenters. The van der Waals surface area contributed by atoms with Crippen molar-refractivity contribution in [1.29, 1.82) is 0 Å². The van der Waals surface area contributed by atoms with Gasteiger partial charge in [0.05, 0.1) is 0 Å². The summed E-state index contributed by atoms with van der Waals surface area (Å²) >= 11 is 1.67. The van der Waals surface area contributed by atoms with Crippen LogP contribution in [0.3, 0.4) is 0 Å². The molecule has 0 amide bonds. The van der Waals surface area contributed by atoms with E-state index in [1.54, 1.807) is 11.8 Å². The van der Waals surface area contributed by atoms with E-state index in [0.29, 0.717) is 0 Å². The van der Waals surface area contributed by atoms with Crippen LogP contribution in [-0.4, -0.2) is 6.54 Å². The van der Waals surface area contributed by atoms with E-state index in [-0.39, 0.29) is 5.82 Å². The maximum absolute atomic E-state index is 12.9. The van der Waals surface area contributed by atoms with E-state index in [9.17, 15) is 4.39 Å². The van der Waals surface area contributed by atoms with Crippen molar-refractivity contribution in [3.05, 3.63) is 59.4 Å². The highest BCUT2D eigenvalue weighted by Gasteiger charge is 2.03. The molecule has 0 unspecified atom stereocenters. The van der Waals surface area contributed by atoms with Crippen molar-refractivity contribution in [1.82, 2.24) is 5.32 Å². The van der Waals surface area contributed by atoms with Crippen LogP contribution in [0, 0.1) is 12.7 Å². The van der Waals surface area contributed by atoms with Crippen LogP contribution in [0.1, 0.15) is 18.1 Å². The number of nitrogens with one attached hydrogen (secondary N) is 1. The zero-order valence-electron chi connectivity index (χ0n) is 11.2. The van der Waals surface area contributed by atoms with Gasteiger partial charge >= 0.3 is 0 Å². The largest absolute Gasteiger partial charge is 0.313 e. The van der Waals surface area contributed by atoms with Gasteiger partial charge in [-0.2, -0.15) is 0 Å². The van der Waals surface area contributed by atoms with Crippen LogP contribution >= 0.6 is 11.8 Å². The lowest BCUT2D eigenvalue weighted by Crippen LogP contribution is -2.11. The number of rotatable bonds is 5.